The third-order valence-corrected chi connectivity index (χ3v) is 6.71. The summed E-state index contributed by atoms with van der Waals surface area (Å²) in [6, 6.07) is 10.1. The van der Waals surface area contributed by atoms with Crippen molar-refractivity contribution in [1.29, 1.82) is 0 Å². The van der Waals surface area contributed by atoms with Gasteiger partial charge in [-0.2, -0.15) is 5.10 Å². The molecule has 2 amide bonds. The van der Waals surface area contributed by atoms with Crippen molar-refractivity contribution in [1.82, 2.24) is 20.0 Å². The van der Waals surface area contributed by atoms with Gasteiger partial charge in [0, 0.05) is 30.8 Å². The van der Waals surface area contributed by atoms with Gasteiger partial charge in [0.25, 0.3) is 0 Å². The van der Waals surface area contributed by atoms with Gasteiger partial charge in [0.15, 0.2) is 0 Å². The summed E-state index contributed by atoms with van der Waals surface area (Å²) in [5, 5.41) is 26.8. The van der Waals surface area contributed by atoms with Crippen molar-refractivity contribution >= 4 is 18.0 Å². The lowest BCUT2D eigenvalue weighted by Gasteiger charge is -2.40. The Hall–Kier alpha value is -4.32. The van der Waals surface area contributed by atoms with Crippen LogP contribution in [0, 0.1) is 17.0 Å². The molecule has 2 aromatic carbocycles. The number of halogens is 2. The minimum Gasteiger partial charge on any atom is -0.480 e. The fraction of sp³-hybridized carbons (Fsp3) is 0.438. The monoisotopic (exact) mass is 614 g/mol. The Labute approximate surface area is 255 Å². The normalized spacial score (nSPS) is 13.2. The van der Waals surface area contributed by atoms with Crippen LogP contribution in [0.1, 0.15) is 70.8 Å². The molecule has 0 fully saturated rings. The zero-order chi connectivity index (χ0) is 32.8. The molecule has 12 heteroatoms. The van der Waals surface area contributed by atoms with E-state index in [-0.39, 0.29) is 18.7 Å². The second-order valence-electron chi connectivity index (χ2n) is 12.6. The Morgan fingerprint density at radius 3 is 2.27 bits per heavy atom. The summed E-state index contributed by atoms with van der Waals surface area (Å²) in [6.45, 7) is 9.38. The van der Waals surface area contributed by atoms with Gasteiger partial charge in [-0.15, -0.1) is 0 Å². The number of aromatic nitrogens is 2. The smallest absolute Gasteiger partial charge is 0.408 e. The van der Waals surface area contributed by atoms with Crippen LogP contribution in [0.25, 0.3) is 5.69 Å². The van der Waals surface area contributed by atoms with E-state index in [1.54, 1.807) is 27.0 Å². The average Bonchev–Trinajstić information content (AvgIpc) is 3.32. The maximum Gasteiger partial charge on any atom is 0.408 e. The topological polar surface area (TPSA) is 134 Å². The van der Waals surface area contributed by atoms with Crippen LogP contribution in [-0.2, 0) is 20.7 Å². The first-order valence-corrected chi connectivity index (χ1v) is 14.2. The standard InChI is InChI=1S/C32H40F2N4O6/c1-31(2,3)28(37(26(40)19-39)15-14-24(29(41)42)35-30(43)44-32(4,5)6)27-21(16-20-10-8-7-9-11-20)18-38(36-27)25-17-22(33)12-13-23(25)34/h7-13,17-18,24,28,39H,14-16,19H2,1-6H3,(H,35,43)(H,41,42). The molecule has 1 aromatic heterocycles. The quantitative estimate of drug-likeness (QED) is 0.276. The van der Waals surface area contributed by atoms with Crippen molar-refractivity contribution in [3.63, 3.8) is 0 Å². The van der Waals surface area contributed by atoms with E-state index >= 15 is 0 Å². The number of aliphatic carboxylic acids is 1. The molecule has 0 spiro atoms. The molecule has 0 radical (unpaired) electrons. The Morgan fingerprint density at radius 1 is 1.05 bits per heavy atom. The van der Waals surface area contributed by atoms with Gasteiger partial charge in [0.05, 0.1) is 11.7 Å². The molecule has 0 bridgehead atoms. The van der Waals surface area contributed by atoms with Gasteiger partial charge in [0.2, 0.25) is 5.91 Å². The third-order valence-electron chi connectivity index (χ3n) is 6.71. The lowest BCUT2D eigenvalue weighted by molar-refractivity contribution is -0.143. The zero-order valence-corrected chi connectivity index (χ0v) is 25.8. The van der Waals surface area contributed by atoms with E-state index < -0.39 is 59.3 Å². The summed E-state index contributed by atoms with van der Waals surface area (Å²) in [5.74, 6) is -3.41. The van der Waals surface area contributed by atoms with Crippen LogP contribution in [-0.4, -0.2) is 67.7 Å². The molecule has 0 aliphatic rings. The molecule has 0 saturated carbocycles. The number of carbonyl (C=O) groups is 3. The van der Waals surface area contributed by atoms with E-state index in [9.17, 15) is 33.4 Å². The number of carboxylic acids is 1. The highest BCUT2D eigenvalue weighted by molar-refractivity contribution is 5.80. The van der Waals surface area contributed by atoms with Crippen molar-refractivity contribution in [2.45, 2.75) is 72.1 Å². The predicted molar refractivity (Wildman–Crippen MR) is 159 cm³/mol. The first-order chi connectivity index (χ1) is 20.5. The number of ether oxygens (including phenoxy) is 1. The Balaban J connectivity index is 2.10. The van der Waals surface area contributed by atoms with E-state index in [4.69, 9.17) is 4.74 Å². The molecule has 10 nitrogen and oxygen atoms in total. The van der Waals surface area contributed by atoms with Crippen LogP contribution in [0.15, 0.2) is 54.7 Å². The van der Waals surface area contributed by atoms with E-state index in [0.29, 0.717) is 17.7 Å². The first-order valence-electron chi connectivity index (χ1n) is 14.2. The number of rotatable bonds is 11. The summed E-state index contributed by atoms with van der Waals surface area (Å²) >= 11 is 0. The van der Waals surface area contributed by atoms with Crippen LogP contribution in [0.4, 0.5) is 13.6 Å². The number of carbonyl (C=O) groups excluding carboxylic acids is 2. The molecule has 3 N–H and O–H groups in total. The number of amides is 2. The SMILES string of the molecule is CC(C)(C)OC(=O)NC(CCN(C(=O)CO)C(c1nn(-c2cc(F)ccc2F)cc1Cc1ccccc1)C(C)(C)C)C(=O)O. The van der Waals surface area contributed by atoms with Gasteiger partial charge in [0.1, 0.15) is 35.6 Å². The van der Waals surface area contributed by atoms with Crippen molar-refractivity contribution in [2.24, 2.45) is 5.41 Å². The lowest BCUT2D eigenvalue weighted by Crippen LogP contribution is -2.48. The Bertz CT molecular complexity index is 1460. The van der Waals surface area contributed by atoms with Crippen molar-refractivity contribution in [3.05, 3.63) is 83.2 Å². The van der Waals surface area contributed by atoms with Crippen LogP contribution < -0.4 is 5.32 Å². The van der Waals surface area contributed by atoms with Crippen molar-refractivity contribution in [2.75, 3.05) is 13.2 Å². The fourth-order valence-corrected chi connectivity index (χ4v) is 4.88. The Morgan fingerprint density at radius 2 is 1.70 bits per heavy atom. The van der Waals surface area contributed by atoms with Gasteiger partial charge in [-0.25, -0.2) is 23.1 Å². The van der Waals surface area contributed by atoms with Crippen LogP contribution in [0.3, 0.4) is 0 Å². The number of aliphatic hydroxyl groups excluding tert-OH is 1. The molecule has 44 heavy (non-hydrogen) atoms. The largest absolute Gasteiger partial charge is 0.480 e. The van der Waals surface area contributed by atoms with Gasteiger partial charge < -0.3 is 25.2 Å². The van der Waals surface area contributed by atoms with Crippen LogP contribution in [0.5, 0.6) is 0 Å². The molecule has 3 rings (SSSR count). The lowest BCUT2D eigenvalue weighted by atomic mass is 9.81. The maximum absolute atomic E-state index is 14.9. The van der Waals surface area contributed by atoms with Crippen LogP contribution >= 0.6 is 0 Å². The number of hydrogen-bond acceptors (Lipinski definition) is 6. The molecule has 1 heterocycles. The highest BCUT2D eigenvalue weighted by Gasteiger charge is 2.39. The molecule has 0 aliphatic heterocycles. The minimum absolute atomic E-state index is 0.134. The number of nitrogens with zero attached hydrogens (tertiary/aromatic N) is 3. The number of alkyl carbamates (subject to hydrolysis) is 1. The van der Waals surface area contributed by atoms with Crippen molar-refractivity contribution in [3.8, 4) is 5.69 Å². The Kier molecular flexibility index (Phi) is 10.9. The molecule has 2 unspecified atom stereocenters. The van der Waals surface area contributed by atoms with Gasteiger partial charge in [-0.1, -0.05) is 51.1 Å². The minimum atomic E-state index is -1.41. The zero-order valence-electron chi connectivity index (χ0n) is 25.8. The second-order valence-corrected chi connectivity index (χ2v) is 12.6. The number of benzene rings is 2. The van der Waals surface area contributed by atoms with E-state index in [1.807, 2.05) is 51.1 Å². The molecule has 238 valence electrons. The third kappa shape index (κ3) is 9.09. The first kappa shape index (κ1) is 34.2. The number of aliphatic hydroxyl groups is 1. The summed E-state index contributed by atoms with van der Waals surface area (Å²) in [4.78, 5) is 39.0. The van der Waals surface area contributed by atoms with Gasteiger partial charge in [-0.3, -0.25) is 4.79 Å². The number of nitrogens with one attached hydrogen (secondary N) is 1. The second kappa shape index (κ2) is 14.0. The van der Waals surface area contributed by atoms with E-state index in [2.05, 4.69) is 10.4 Å². The van der Waals surface area contributed by atoms with Gasteiger partial charge in [-0.05, 0) is 50.3 Å². The molecular formula is C32H40F2N4O6. The van der Waals surface area contributed by atoms with E-state index in [1.165, 1.54) is 9.58 Å². The summed E-state index contributed by atoms with van der Waals surface area (Å²) < 4.78 is 35.4. The highest BCUT2D eigenvalue weighted by Crippen LogP contribution is 2.40. The predicted octanol–water partition coefficient (Wildman–Crippen LogP) is 5.02. The molecule has 0 aliphatic carbocycles. The van der Waals surface area contributed by atoms with Crippen molar-refractivity contribution < 1.29 is 38.1 Å². The molecular weight excluding hydrogens is 574 g/mol. The molecule has 0 saturated heterocycles. The number of carboxylic acid groups (broad SMARTS) is 1. The molecule has 2 atom stereocenters. The highest BCUT2D eigenvalue weighted by atomic mass is 19.1. The fourth-order valence-electron chi connectivity index (χ4n) is 4.88. The molecule has 3 aromatic rings. The van der Waals surface area contributed by atoms with Crippen LogP contribution in [0.2, 0.25) is 0 Å². The number of hydrogen-bond donors (Lipinski definition) is 3. The average molecular weight is 615 g/mol. The summed E-state index contributed by atoms with van der Waals surface area (Å²) in [7, 11) is 0. The maximum atomic E-state index is 14.9. The van der Waals surface area contributed by atoms with Gasteiger partial charge >= 0.3 is 12.1 Å². The summed E-state index contributed by atoms with van der Waals surface area (Å²) in [6.07, 6.45) is 0.752. The summed E-state index contributed by atoms with van der Waals surface area (Å²) in [5.41, 5.74) is 0.126. The van der Waals surface area contributed by atoms with E-state index in [0.717, 1.165) is 23.8 Å².